The average molecular weight is 375 g/mol. The number of likely N-dealkylation sites (tertiary alicyclic amines) is 1. The van der Waals surface area contributed by atoms with Gasteiger partial charge in [-0.25, -0.2) is 0 Å². The van der Waals surface area contributed by atoms with Gasteiger partial charge in [0, 0.05) is 44.4 Å². The maximum absolute atomic E-state index is 12.7. The van der Waals surface area contributed by atoms with Crippen LogP contribution in [0.15, 0.2) is 65.5 Å². The molecule has 0 atom stereocenters. The van der Waals surface area contributed by atoms with Gasteiger partial charge in [-0.1, -0.05) is 36.4 Å². The van der Waals surface area contributed by atoms with Crippen LogP contribution in [0.1, 0.15) is 31.4 Å². The van der Waals surface area contributed by atoms with Gasteiger partial charge in [0.2, 0.25) is 5.91 Å². The van der Waals surface area contributed by atoms with E-state index < -0.39 is 0 Å². The Labute approximate surface area is 164 Å². The van der Waals surface area contributed by atoms with Crippen molar-refractivity contribution in [2.24, 2.45) is 0 Å². The summed E-state index contributed by atoms with van der Waals surface area (Å²) in [6.07, 6.45) is 1.88. The van der Waals surface area contributed by atoms with E-state index in [1.54, 1.807) is 6.07 Å². The van der Waals surface area contributed by atoms with Crippen LogP contribution in [0.3, 0.4) is 0 Å². The number of nitrogens with one attached hydrogen (secondary N) is 1. The zero-order valence-electron chi connectivity index (χ0n) is 16.1. The molecular weight excluding hydrogens is 350 g/mol. The molecule has 0 spiro atoms. The lowest BCUT2D eigenvalue weighted by Gasteiger charge is -2.33. The maximum Gasteiger partial charge on any atom is 0.251 e. The topological polar surface area (TPSA) is 54.3 Å². The molecule has 3 aromatic rings. The first-order chi connectivity index (χ1) is 13.6. The molecule has 5 nitrogen and oxygen atoms in total. The number of hydrogen-bond donors (Lipinski definition) is 1. The third kappa shape index (κ3) is 3.99. The van der Waals surface area contributed by atoms with Crippen molar-refractivity contribution in [1.29, 1.82) is 0 Å². The fourth-order valence-electron chi connectivity index (χ4n) is 4.09. The van der Waals surface area contributed by atoms with Gasteiger partial charge in [0.25, 0.3) is 5.56 Å². The van der Waals surface area contributed by atoms with Crippen molar-refractivity contribution in [3.63, 3.8) is 0 Å². The number of piperidine rings is 1. The molecule has 1 fully saturated rings. The number of carbonyl (C=O) groups excluding carboxylic acids is 1. The summed E-state index contributed by atoms with van der Waals surface area (Å²) < 4.78 is 1.92. The summed E-state index contributed by atoms with van der Waals surface area (Å²) in [7, 11) is 0. The molecule has 0 saturated carbocycles. The second-order valence-corrected chi connectivity index (χ2v) is 7.49. The number of benzene rings is 2. The molecule has 0 radical (unpaired) electrons. The molecule has 0 bridgehead atoms. The third-order valence-corrected chi connectivity index (χ3v) is 5.42. The molecule has 1 N–H and O–H groups in total. The zero-order chi connectivity index (χ0) is 19.5. The third-order valence-electron chi connectivity index (χ3n) is 5.42. The van der Waals surface area contributed by atoms with E-state index in [0.717, 1.165) is 49.1 Å². The predicted octanol–water partition coefficient (Wildman–Crippen LogP) is 3.80. The first-order valence-corrected chi connectivity index (χ1v) is 9.79. The molecular formula is C23H25N3O2. The highest BCUT2D eigenvalue weighted by molar-refractivity contribution is 5.92. The normalized spacial score (nSPS) is 15.6. The summed E-state index contributed by atoms with van der Waals surface area (Å²) in [6.45, 7) is 4.37. The van der Waals surface area contributed by atoms with Gasteiger partial charge in [0.1, 0.15) is 0 Å². The summed E-state index contributed by atoms with van der Waals surface area (Å²) in [6, 6.07) is 19.9. The maximum atomic E-state index is 12.7. The van der Waals surface area contributed by atoms with Crippen molar-refractivity contribution < 1.29 is 4.79 Å². The second-order valence-electron chi connectivity index (χ2n) is 7.49. The smallest absolute Gasteiger partial charge is 0.251 e. The fraction of sp³-hybridized carbons (Fsp3) is 0.304. The Morgan fingerprint density at radius 2 is 1.75 bits per heavy atom. The van der Waals surface area contributed by atoms with Gasteiger partial charge < -0.3 is 9.88 Å². The van der Waals surface area contributed by atoms with Crippen LogP contribution in [0, 0.1) is 0 Å². The van der Waals surface area contributed by atoms with Gasteiger partial charge in [0.05, 0.1) is 5.52 Å². The van der Waals surface area contributed by atoms with E-state index in [9.17, 15) is 9.59 Å². The number of hydrogen-bond acceptors (Lipinski definition) is 3. The van der Waals surface area contributed by atoms with E-state index in [4.69, 9.17) is 0 Å². The van der Waals surface area contributed by atoms with Gasteiger partial charge in [-0.15, -0.1) is 0 Å². The van der Waals surface area contributed by atoms with E-state index in [1.165, 1.54) is 12.5 Å². The standard InChI is InChI=1S/C23H25N3O2/c1-17(27)24-20-9-7-19-8-10-23(28)26(22(19)15-20)21-11-13-25(14-12-21)16-18-5-3-2-4-6-18/h2-10,15,21H,11-14,16H2,1H3,(H,24,27). The Kier molecular flexibility index (Phi) is 5.26. The minimum absolute atomic E-state index is 0.0222. The number of anilines is 1. The van der Waals surface area contributed by atoms with Crippen LogP contribution in [0.5, 0.6) is 0 Å². The van der Waals surface area contributed by atoms with E-state index in [0.29, 0.717) is 0 Å². The lowest BCUT2D eigenvalue weighted by Crippen LogP contribution is -2.37. The van der Waals surface area contributed by atoms with E-state index in [2.05, 4.69) is 34.5 Å². The fourth-order valence-corrected chi connectivity index (χ4v) is 4.09. The van der Waals surface area contributed by atoms with E-state index in [-0.39, 0.29) is 17.5 Å². The minimum atomic E-state index is -0.113. The lowest BCUT2D eigenvalue weighted by molar-refractivity contribution is -0.114. The van der Waals surface area contributed by atoms with Crippen LogP contribution in [0.25, 0.3) is 10.9 Å². The highest BCUT2D eigenvalue weighted by atomic mass is 16.1. The first kappa shape index (κ1) is 18.4. The molecule has 0 unspecified atom stereocenters. The molecule has 1 saturated heterocycles. The van der Waals surface area contributed by atoms with Gasteiger partial charge in [-0.05, 0) is 42.0 Å². The minimum Gasteiger partial charge on any atom is -0.326 e. The van der Waals surface area contributed by atoms with Crippen molar-refractivity contribution in [3.05, 3.63) is 76.6 Å². The van der Waals surface area contributed by atoms with Crippen molar-refractivity contribution in [1.82, 2.24) is 9.47 Å². The number of amides is 1. The Morgan fingerprint density at radius 1 is 1.04 bits per heavy atom. The van der Waals surface area contributed by atoms with Crippen molar-refractivity contribution in [2.75, 3.05) is 18.4 Å². The number of pyridine rings is 1. The number of nitrogens with zero attached hydrogens (tertiary/aromatic N) is 2. The van der Waals surface area contributed by atoms with Crippen molar-refractivity contribution in [2.45, 2.75) is 32.4 Å². The highest BCUT2D eigenvalue weighted by Gasteiger charge is 2.22. The molecule has 5 heteroatoms. The Bertz CT molecular complexity index is 1030. The highest BCUT2D eigenvalue weighted by Crippen LogP contribution is 2.27. The molecule has 1 aromatic heterocycles. The van der Waals surface area contributed by atoms with Crippen LogP contribution in [-0.2, 0) is 11.3 Å². The molecule has 1 amide bonds. The van der Waals surface area contributed by atoms with Gasteiger partial charge >= 0.3 is 0 Å². The van der Waals surface area contributed by atoms with Crippen molar-refractivity contribution in [3.8, 4) is 0 Å². The monoisotopic (exact) mass is 375 g/mol. The Hall–Kier alpha value is -2.92. The predicted molar refractivity (Wildman–Crippen MR) is 113 cm³/mol. The largest absolute Gasteiger partial charge is 0.326 e. The number of rotatable bonds is 4. The first-order valence-electron chi connectivity index (χ1n) is 9.79. The molecule has 2 heterocycles. The quantitative estimate of drug-likeness (QED) is 0.755. The number of fused-ring (bicyclic) bond motifs is 1. The van der Waals surface area contributed by atoms with Crippen LogP contribution < -0.4 is 10.9 Å². The Balaban J connectivity index is 1.56. The SMILES string of the molecule is CC(=O)Nc1ccc2ccc(=O)n(C3CCN(Cc4ccccc4)CC3)c2c1. The van der Waals surface area contributed by atoms with Gasteiger partial charge in [-0.2, -0.15) is 0 Å². The summed E-state index contributed by atoms with van der Waals surface area (Å²) in [5, 5.41) is 3.83. The van der Waals surface area contributed by atoms with Gasteiger partial charge in [0.15, 0.2) is 0 Å². The van der Waals surface area contributed by atoms with Crippen molar-refractivity contribution >= 4 is 22.5 Å². The second kappa shape index (κ2) is 7.98. The number of aromatic nitrogens is 1. The Morgan fingerprint density at radius 3 is 2.46 bits per heavy atom. The van der Waals surface area contributed by atoms with Crippen LogP contribution in [0.4, 0.5) is 5.69 Å². The van der Waals surface area contributed by atoms with E-state index in [1.807, 2.05) is 34.9 Å². The molecule has 1 aliphatic rings. The van der Waals surface area contributed by atoms with Crippen LogP contribution in [-0.4, -0.2) is 28.5 Å². The summed E-state index contributed by atoms with van der Waals surface area (Å²) >= 11 is 0. The summed E-state index contributed by atoms with van der Waals surface area (Å²) in [5.74, 6) is -0.113. The lowest BCUT2D eigenvalue weighted by atomic mass is 10.0. The summed E-state index contributed by atoms with van der Waals surface area (Å²) in [5.41, 5.74) is 2.96. The molecule has 2 aromatic carbocycles. The number of carbonyl (C=O) groups is 1. The average Bonchev–Trinajstić information content (AvgIpc) is 2.69. The molecule has 4 rings (SSSR count). The molecule has 144 valence electrons. The van der Waals surface area contributed by atoms with E-state index >= 15 is 0 Å². The molecule has 1 aliphatic heterocycles. The summed E-state index contributed by atoms with van der Waals surface area (Å²) in [4.78, 5) is 26.6. The zero-order valence-corrected chi connectivity index (χ0v) is 16.1. The van der Waals surface area contributed by atoms with Crippen LogP contribution >= 0.6 is 0 Å². The molecule has 28 heavy (non-hydrogen) atoms. The molecule has 0 aliphatic carbocycles. The van der Waals surface area contributed by atoms with Gasteiger partial charge in [-0.3, -0.25) is 14.5 Å². The van der Waals surface area contributed by atoms with Crippen LogP contribution in [0.2, 0.25) is 0 Å².